The van der Waals surface area contributed by atoms with E-state index < -0.39 is 10.0 Å². The molecule has 2 rings (SSSR count). The Balaban J connectivity index is 2.14. The third-order valence-electron chi connectivity index (χ3n) is 3.32. The lowest BCUT2D eigenvalue weighted by Crippen LogP contribution is -2.27. The highest BCUT2D eigenvalue weighted by Crippen LogP contribution is 2.25. The molecular formula is C14H20N4O2S. The van der Waals surface area contributed by atoms with Gasteiger partial charge in [0.25, 0.3) is 0 Å². The predicted molar refractivity (Wildman–Crippen MR) is 82.4 cm³/mol. The summed E-state index contributed by atoms with van der Waals surface area (Å²) >= 11 is 0. The Hall–Kier alpha value is -1.86. The van der Waals surface area contributed by atoms with Gasteiger partial charge in [-0.05, 0) is 31.0 Å². The van der Waals surface area contributed by atoms with Gasteiger partial charge in [-0.1, -0.05) is 12.1 Å². The van der Waals surface area contributed by atoms with Gasteiger partial charge in [0.15, 0.2) is 0 Å². The molecule has 0 aliphatic carbocycles. The topological polar surface area (TPSA) is 90.0 Å². The van der Waals surface area contributed by atoms with E-state index in [0.29, 0.717) is 17.7 Å². The number of benzene rings is 1. The van der Waals surface area contributed by atoms with Crippen LogP contribution in [0.1, 0.15) is 16.8 Å². The van der Waals surface area contributed by atoms with Crippen LogP contribution in [0, 0.1) is 13.8 Å². The highest BCUT2D eigenvalue weighted by molar-refractivity contribution is 7.89. The lowest BCUT2D eigenvalue weighted by Gasteiger charge is -2.13. The fraction of sp³-hybridized carbons (Fsp3) is 0.357. The molecule has 0 amide bonds. The van der Waals surface area contributed by atoms with Crippen molar-refractivity contribution in [1.29, 1.82) is 0 Å². The number of sulfonamides is 1. The molecule has 1 aromatic heterocycles. The Morgan fingerprint density at radius 3 is 2.52 bits per heavy atom. The molecule has 7 heteroatoms. The minimum absolute atomic E-state index is 0.170. The Bertz CT molecular complexity index is 750. The molecule has 2 aromatic rings. The molecule has 114 valence electrons. The Labute approximate surface area is 125 Å². The number of nitrogens with two attached hydrogens (primary N) is 1. The van der Waals surface area contributed by atoms with E-state index >= 15 is 0 Å². The number of anilines is 1. The number of hydrogen-bond donors (Lipinski definition) is 2. The van der Waals surface area contributed by atoms with E-state index in [2.05, 4.69) is 9.82 Å². The first-order chi connectivity index (χ1) is 9.81. The van der Waals surface area contributed by atoms with Gasteiger partial charge in [0.2, 0.25) is 10.0 Å². The van der Waals surface area contributed by atoms with Gasteiger partial charge in [0.1, 0.15) is 4.90 Å². The lowest BCUT2D eigenvalue weighted by molar-refractivity contribution is 0.580. The number of aromatic nitrogens is 2. The van der Waals surface area contributed by atoms with Crippen LogP contribution in [0.4, 0.5) is 5.69 Å². The Morgan fingerprint density at radius 1 is 1.24 bits per heavy atom. The largest absolute Gasteiger partial charge is 0.397 e. The molecule has 0 radical (unpaired) electrons. The summed E-state index contributed by atoms with van der Waals surface area (Å²) in [6.07, 6.45) is 2.36. The quantitative estimate of drug-likeness (QED) is 0.811. The van der Waals surface area contributed by atoms with Gasteiger partial charge in [0, 0.05) is 26.2 Å². The van der Waals surface area contributed by atoms with E-state index in [-0.39, 0.29) is 11.4 Å². The monoisotopic (exact) mass is 308 g/mol. The van der Waals surface area contributed by atoms with Crippen LogP contribution in [0.5, 0.6) is 0 Å². The van der Waals surface area contributed by atoms with Crippen LogP contribution in [-0.4, -0.2) is 24.7 Å². The van der Waals surface area contributed by atoms with E-state index in [1.807, 2.05) is 25.4 Å². The molecule has 1 aromatic carbocycles. The zero-order valence-electron chi connectivity index (χ0n) is 12.4. The first-order valence-corrected chi connectivity index (χ1v) is 8.13. The molecular weight excluding hydrogens is 288 g/mol. The number of rotatable bonds is 5. The summed E-state index contributed by atoms with van der Waals surface area (Å²) in [6, 6.07) is 5.44. The second-order valence-electron chi connectivity index (χ2n) is 5.07. The highest BCUT2D eigenvalue weighted by atomic mass is 32.2. The Kier molecular flexibility index (Phi) is 4.34. The molecule has 3 N–H and O–H groups in total. The van der Waals surface area contributed by atoms with Crippen LogP contribution in [0.2, 0.25) is 0 Å². The van der Waals surface area contributed by atoms with Crippen molar-refractivity contribution in [1.82, 2.24) is 14.5 Å². The SMILES string of the molecule is Cc1ccc(C)c(S(=O)(=O)NCCc2ccn(C)n2)c1N. The maximum absolute atomic E-state index is 12.4. The molecule has 6 nitrogen and oxygen atoms in total. The van der Waals surface area contributed by atoms with Crippen LogP contribution in [-0.2, 0) is 23.5 Å². The summed E-state index contributed by atoms with van der Waals surface area (Å²) in [6.45, 7) is 3.82. The lowest BCUT2D eigenvalue weighted by atomic mass is 10.1. The summed E-state index contributed by atoms with van der Waals surface area (Å²) in [5.41, 5.74) is 8.47. The van der Waals surface area contributed by atoms with Gasteiger partial charge in [-0.25, -0.2) is 13.1 Å². The van der Waals surface area contributed by atoms with Crippen LogP contribution in [0.15, 0.2) is 29.3 Å². The van der Waals surface area contributed by atoms with Gasteiger partial charge in [-0.2, -0.15) is 5.10 Å². The van der Waals surface area contributed by atoms with Crippen molar-refractivity contribution in [3.05, 3.63) is 41.2 Å². The van der Waals surface area contributed by atoms with Gasteiger partial charge >= 0.3 is 0 Å². The van der Waals surface area contributed by atoms with Gasteiger partial charge in [-0.3, -0.25) is 4.68 Å². The van der Waals surface area contributed by atoms with Crippen LogP contribution < -0.4 is 10.5 Å². The van der Waals surface area contributed by atoms with Crippen LogP contribution in [0.25, 0.3) is 0 Å². The molecule has 1 heterocycles. The average Bonchev–Trinajstić information content (AvgIpc) is 2.80. The number of aryl methyl sites for hydroxylation is 3. The first-order valence-electron chi connectivity index (χ1n) is 6.65. The molecule has 0 aliphatic rings. The number of nitrogen functional groups attached to an aromatic ring is 1. The highest BCUT2D eigenvalue weighted by Gasteiger charge is 2.20. The molecule has 0 aliphatic heterocycles. The molecule has 0 bridgehead atoms. The zero-order valence-corrected chi connectivity index (χ0v) is 13.2. The molecule has 0 fully saturated rings. The Morgan fingerprint density at radius 2 is 1.90 bits per heavy atom. The minimum Gasteiger partial charge on any atom is -0.397 e. The minimum atomic E-state index is -3.62. The van der Waals surface area contributed by atoms with E-state index in [1.165, 1.54) is 0 Å². The van der Waals surface area contributed by atoms with Crippen molar-refractivity contribution in [3.63, 3.8) is 0 Å². The summed E-state index contributed by atoms with van der Waals surface area (Å²) in [5.74, 6) is 0. The fourth-order valence-electron chi connectivity index (χ4n) is 2.15. The van der Waals surface area contributed by atoms with Crippen molar-refractivity contribution in [2.45, 2.75) is 25.2 Å². The molecule has 0 saturated carbocycles. The predicted octanol–water partition coefficient (Wildman–Crippen LogP) is 1.14. The van der Waals surface area contributed by atoms with Crippen molar-refractivity contribution < 1.29 is 8.42 Å². The average molecular weight is 308 g/mol. The molecule has 0 atom stereocenters. The van der Waals surface area contributed by atoms with Gasteiger partial charge in [0.05, 0.1) is 11.4 Å². The van der Waals surface area contributed by atoms with Gasteiger partial charge < -0.3 is 5.73 Å². The van der Waals surface area contributed by atoms with Crippen molar-refractivity contribution in [3.8, 4) is 0 Å². The number of hydrogen-bond acceptors (Lipinski definition) is 4. The summed E-state index contributed by atoms with van der Waals surface area (Å²) in [4.78, 5) is 0.170. The smallest absolute Gasteiger partial charge is 0.242 e. The maximum Gasteiger partial charge on any atom is 0.242 e. The van der Waals surface area contributed by atoms with E-state index in [0.717, 1.165) is 11.3 Å². The summed E-state index contributed by atoms with van der Waals surface area (Å²) in [7, 11) is -1.79. The number of nitrogens with zero attached hydrogens (tertiary/aromatic N) is 2. The molecule has 0 spiro atoms. The van der Waals surface area contributed by atoms with E-state index in [9.17, 15) is 8.42 Å². The van der Waals surface area contributed by atoms with Crippen molar-refractivity contribution >= 4 is 15.7 Å². The molecule has 0 unspecified atom stereocenters. The fourth-order valence-corrected chi connectivity index (χ4v) is 3.60. The third-order valence-corrected chi connectivity index (χ3v) is 4.99. The third kappa shape index (κ3) is 3.43. The number of nitrogens with one attached hydrogen (secondary N) is 1. The van der Waals surface area contributed by atoms with Gasteiger partial charge in [-0.15, -0.1) is 0 Å². The van der Waals surface area contributed by atoms with Crippen molar-refractivity contribution in [2.24, 2.45) is 7.05 Å². The van der Waals surface area contributed by atoms with E-state index in [4.69, 9.17) is 5.73 Å². The summed E-state index contributed by atoms with van der Waals surface area (Å²) in [5, 5.41) is 4.21. The van der Waals surface area contributed by atoms with Crippen LogP contribution >= 0.6 is 0 Å². The normalized spacial score (nSPS) is 11.8. The summed E-state index contributed by atoms with van der Waals surface area (Å²) < 4.78 is 29.1. The second-order valence-corrected chi connectivity index (χ2v) is 6.77. The first kappa shape index (κ1) is 15.5. The van der Waals surface area contributed by atoms with Crippen molar-refractivity contribution in [2.75, 3.05) is 12.3 Å². The standard InChI is InChI=1S/C14H20N4O2S/c1-10-4-5-11(2)14(13(10)15)21(19,20)16-8-6-12-7-9-18(3)17-12/h4-5,7,9,16H,6,8,15H2,1-3H3. The second kappa shape index (κ2) is 5.87. The van der Waals surface area contributed by atoms with Crippen LogP contribution in [0.3, 0.4) is 0 Å². The molecule has 21 heavy (non-hydrogen) atoms. The molecule has 0 saturated heterocycles. The maximum atomic E-state index is 12.4. The van der Waals surface area contributed by atoms with E-state index in [1.54, 1.807) is 24.6 Å². The zero-order chi connectivity index (χ0) is 15.6.